The Balaban J connectivity index is 2.16. The molecule has 2 rings (SSSR count). The second kappa shape index (κ2) is 5.17. The van der Waals surface area contributed by atoms with E-state index in [2.05, 4.69) is 0 Å². The molecule has 0 radical (unpaired) electrons. The van der Waals surface area contributed by atoms with Crippen LogP contribution in [0.2, 0.25) is 5.02 Å². The SMILES string of the molecule is Nc1ccc(S(=O)C2CCOCC2)cc1Cl. The molecule has 1 aromatic carbocycles. The first-order valence-electron chi connectivity index (χ1n) is 5.22. The zero-order valence-electron chi connectivity index (χ0n) is 8.82. The van der Waals surface area contributed by atoms with Gasteiger partial charge < -0.3 is 10.5 Å². The molecule has 0 bridgehead atoms. The molecule has 5 heteroatoms. The predicted octanol–water partition coefficient (Wildman–Crippen LogP) is 2.21. The summed E-state index contributed by atoms with van der Waals surface area (Å²) in [5.74, 6) is 0. The van der Waals surface area contributed by atoms with Crippen molar-refractivity contribution in [3.05, 3.63) is 23.2 Å². The molecule has 1 aliphatic rings. The Hall–Kier alpha value is -0.580. The van der Waals surface area contributed by atoms with E-state index in [4.69, 9.17) is 22.1 Å². The normalized spacial score (nSPS) is 19.6. The van der Waals surface area contributed by atoms with E-state index < -0.39 is 10.8 Å². The second-order valence-corrected chi connectivity index (χ2v) is 5.93. The highest BCUT2D eigenvalue weighted by atomic mass is 35.5. The van der Waals surface area contributed by atoms with Gasteiger partial charge in [0.25, 0.3) is 0 Å². The molecule has 1 heterocycles. The lowest BCUT2D eigenvalue weighted by atomic mass is 10.2. The van der Waals surface area contributed by atoms with Crippen LogP contribution in [0.3, 0.4) is 0 Å². The highest BCUT2D eigenvalue weighted by molar-refractivity contribution is 7.85. The summed E-state index contributed by atoms with van der Waals surface area (Å²) in [6, 6.07) is 5.18. The Labute approximate surface area is 102 Å². The van der Waals surface area contributed by atoms with Crippen LogP contribution in [-0.4, -0.2) is 22.7 Å². The Bertz CT molecular complexity index is 405. The minimum atomic E-state index is -1.01. The van der Waals surface area contributed by atoms with Crippen LogP contribution in [0.4, 0.5) is 5.69 Å². The van der Waals surface area contributed by atoms with Crippen LogP contribution in [0.15, 0.2) is 23.1 Å². The fourth-order valence-corrected chi connectivity index (χ4v) is 3.40. The standard InChI is InChI=1S/C11H14ClNO2S/c12-10-7-9(1-2-11(10)13)16(14)8-3-5-15-6-4-8/h1-2,7-8H,3-6,13H2. The Morgan fingerprint density at radius 1 is 1.38 bits per heavy atom. The van der Waals surface area contributed by atoms with Gasteiger partial charge in [0.2, 0.25) is 0 Å². The molecule has 1 saturated heterocycles. The largest absolute Gasteiger partial charge is 0.398 e. The van der Waals surface area contributed by atoms with Gasteiger partial charge in [-0.2, -0.15) is 0 Å². The monoisotopic (exact) mass is 259 g/mol. The Morgan fingerprint density at radius 3 is 2.69 bits per heavy atom. The molecule has 1 aromatic rings. The maximum atomic E-state index is 12.2. The summed E-state index contributed by atoms with van der Waals surface area (Å²) in [6.07, 6.45) is 1.68. The zero-order valence-corrected chi connectivity index (χ0v) is 10.4. The molecule has 0 aliphatic carbocycles. The minimum absolute atomic E-state index is 0.174. The molecule has 16 heavy (non-hydrogen) atoms. The van der Waals surface area contributed by atoms with Crippen LogP contribution in [0.1, 0.15) is 12.8 Å². The van der Waals surface area contributed by atoms with E-state index in [0.717, 1.165) is 17.7 Å². The molecule has 0 amide bonds. The van der Waals surface area contributed by atoms with E-state index >= 15 is 0 Å². The topological polar surface area (TPSA) is 52.3 Å². The van der Waals surface area contributed by atoms with E-state index in [1.165, 1.54) is 0 Å². The van der Waals surface area contributed by atoms with Crippen molar-refractivity contribution in [3.63, 3.8) is 0 Å². The summed E-state index contributed by atoms with van der Waals surface area (Å²) in [5.41, 5.74) is 6.14. The van der Waals surface area contributed by atoms with Gasteiger partial charge >= 0.3 is 0 Å². The van der Waals surface area contributed by atoms with Gasteiger partial charge in [0.05, 0.1) is 21.5 Å². The van der Waals surface area contributed by atoms with Crippen LogP contribution >= 0.6 is 11.6 Å². The highest BCUT2D eigenvalue weighted by Gasteiger charge is 2.21. The first kappa shape index (κ1) is 11.9. The van der Waals surface area contributed by atoms with E-state index in [1.54, 1.807) is 18.2 Å². The Morgan fingerprint density at radius 2 is 2.06 bits per heavy atom. The van der Waals surface area contributed by atoms with Gasteiger partial charge in [-0.05, 0) is 31.0 Å². The summed E-state index contributed by atoms with van der Waals surface area (Å²) in [7, 11) is -1.01. The van der Waals surface area contributed by atoms with Crippen molar-refractivity contribution in [2.75, 3.05) is 18.9 Å². The summed E-state index contributed by atoms with van der Waals surface area (Å²) in [4.78, 5) is 0.756. The number of nitrogen functional groups attached to an aromatic ring is 1. The minimum Gasteiger partial charge on any atom is -0.398 e. The quantitative estimate of drug-likeness (QED) is 0.829. The summed E-state index contributed by atoms with van der Waals surface area (Å²) in [6.45, 7) is 1.39. The summed E-state index contributed by atoms with van der Waals surface area (Å²) < 4.78 is 17.5. The van der Waals surface area contributed by atoms with E-state index in [0.29, 0.717) is 23.9 Å². The average Bonchev–Trinajstić information content (AvgIpc) is 2.33. The third kappa shape index (κ3) is 2.56. The first-order valence-corrected chi connectivity index (χ1v) is 6.81. The molecule has 0 saturated carbocycles. The van der Waals surface area contributed by atoms with Gasteiger partial charge in [0.1, 0.15) is 0 Å². The molecule has 88 valence electrons. The average molecular weight is 260 g/mol. The van der Waals surface area contributed by atoms with Gasteiger partial charge in [-0.15, -0.1) is 0 Å². The van der Waals surface area contributed by atoms with Gasteiger partial charge in [-0.1, -0.05) is 11.6 Å². The molecule has 3 nitrogen and oxygen atoms in total. The number of nitrogens with two attached hydrogens (primary N) is 1. The number of benzene rings is 1. The maximum Gasteiger partial charge on any atom is 0.0647 e. The zero-order chi connectivity index (χ0) is 11.5. The van der Waals surface area contributed by atoms with Crippen LogP contribution in [0.5, 0.6) is 0 Å². The second-order valence-electron chi connectivity index (χ2n) is 3.79. The molecular formula is C11H14ClNO2S. The van der Waals surface area contributed by atoms with Gasteiger partial charge in [-0.3, -0.25) is 4.21 Å². The number of hydrogen-bond donors (Lipinski definition) is 1. The molecule has 1 unspecified atom stereocenters. The predicted molar refractivity (Wildman–Crippen MR) is 66.1 cm³/mol. The van der Waals surface area contributed by atoms with E-state index in [9.17, 15) is 4.21 Å². The highest BCUT2D eigenvalue weighted by Crippen LogP contribution is 2.25. The molecule has 2 N–H and O–H groups in total. The lowest BCUT2D eigenvalue weighted by molar-refractivity contribution is 0.0992. The molecule has 0 aromatic heterocycles. The molecule has 1 fully saturated rings. The Kier molecular flexibility index (Phi) is 3.84. The molecule has 0 spiro atoms. The first-order chi connectivity index (χ1) is 7.68. The van der Waals surface area contributed by atoms with Gasteiger partial charge in [0.15, 0.2) is 0 Å². The van der Waals surface area contributed by atoms with Crippen LogP contribution in [0.25, 0.3) is 0 Å². The van der Waals surface area contributed by atoms with Crippen molar-refractivity contribution in [3.8, 4) is 0 Å². The number of ether oxygens (including phenoxy) is 1. The molecule has 1 aliphatic heterocycles. The van der Waals surface area contributed by atoms with Crippen molar-refractivity contribution in [1.29, 1.82) is 0 Å². The lowest BCUT2D eigenvalue weighted by Gasteiger charge is -2.21. The summed E-state index contributed by atoms with van der Waals surface area (Å²) in [5, 5.41) is 0.645. The van der Waals surface area contributed by atoms with Crippen LogP contribution in [0, 0.1) is 0 Å². The number of hydrogen-bond acceptors (Lipinski definition) is 3. The van der Waals surface area contributed by atoms with Crippen molar-refractivity contribution >= 4 is 28.1 Å². The summed E-state index contributed by atoms with van der Waals surface area (Å²) >= 11 is 5.91. The number of rotatable bonds is 2. The van der Waals surface area contributed by atoms with Crippen LogP contribution < -0.4 is 5.73 Å². The fraction of sp³-hybridized carbons (Fsp3) is 0.455. The van der Waals surface area contributed by atoms with Gasteiger partial charge in [-0.25, -0.2) is 0 Å². The third-order valence-electron chi connectivity index (χ3n) is 2.68. The molecule has 1 atom stereocenters. The van der Waals surface area contributed by atoms with Crippen molar-refractivity contribution in [2.45, 2.75) is 23.0 Å². The fourth-order valence-electron chi connectivity index (χ4n) is 1.72. The maximum absolute atomic E-state index is 12.2. The van der Waals surface area contributed by atoms with Crippen molar-refractivity contribution in [2.24, 2.45) is 0 Å². The van der Waals surface area contributed by atoms with Crippen LogP contribution in [-0.2, 0) is 15.5 Å². The van der Waals surface area contributed by atoms with E-state index in [-0.39, 0.29) is 5.25 Å². The number of halogens is 1. The van der Waals surface area contributed by atoms with E-state index in [1.807, 2.05) is 0 Å². The third-order valence-corrected chi connectivity index (χ3v) is 4.80. The van der Waals surface area contributed by atoms with Crippen molar-refractivity contribution < 1.29 is 8.95 Å². The molecular weight excluding hydrogens is 246 g/mol. The van der Waals surface area contributed by atoms with Gasteiger partial charge in [0, 0.05) is 23.4 Å². The lowest BCUT2D eigenvalue weighted by Crippen LogP contribution is -2.24. The number of anilines is 1. The van der Waals surface area contributed by atoms with Crippen molar-refractivity contribution in [1.82, 2.24) is 0 Å². The smallest absolute Gasteiger partial charge is 0.0647 e.